The van der Waals surface area contributed by atoms with Crippen LogP contribution >= 0.6 is 0 Å². The van der Waals surface area contributed by atoms with Crippen LogP contribution in [0.5, 0.6) is 0 Å². The predicted molar refractivity (Wildman–Crippen MR) is 222 cm³/mol. The van der Waals surface area contributed by atoms with Crippen LogP contribution in [0.25, 0.3) is 43.1 Å². The van der Waals surface area contributed by atoms with Crippen LogP contribution in [0.3, 0.4) is 0 Å². The van der Waals surface area contributed by atoms with Gasteiger partial charge in [0.25, 0.3) is 23.6 Å². The van der Waals surface area contributed by atoms with E-state index in [1.807, 2.05) is 84.9 Å². The van der Waals surface area contributed by atoms with Gasteiger partial charge in [0.15, 0.2) is 0 Å². The highest BCUT2D eigenvalue weighted by Crippen LogP contribution is 2.46. The number of fused-ring (bicyclic) bond motifs is 2. The molecule has 4 amide bonds. The molecule has 9 rings (SSSR count). The lowest BCUT2D eigenvalue weighted by atomic mass is 9.82. The third-order valence-electron chi connectivity index (χ3n) is 12.4. The van der Waals surface area contributed by atoms with Gasteiger partial charge in [-0.05, 0) is 67.7 Å². The van der Waals surface area contributed by atoms with Crippen LogP contribution < -0.4 is 0 Å². The molecule has 0 saturated heterocycles. The summed E-state index contributed by atoms with van der Waals surface area (Å²) in [4.78, 5) is 60.4. The van der Waals surface area contributed by atoms with Crippen molar-refractivity contribution in [3.8, 4) is 0 Å². The summed E-state index contributed by atoms with van der Waals surface area (Å²) >= 11 is 0. The lowest BCUT2D eigenvalue weighted by Gasteiger charge is -2.38. The highest BCUT2D eigenvalue weighted by atomic mass is 16.2. The molecular weight excluding hydrogens is 697 g/mol. The molecule has 0 aliphatic carbocycles. The zero-order valence-corrected chi connectivity index (χ0v) is 32.8. The van der Waals surface area contributed by atoms with Crippen LogP contribution in [0.15, 0.2) is 109 Å². The number of carbonyl (C=O) groups excluding carboxylic acids is 4. The zero-order valence-electron chi connectivity index (χ0n) is 32.8. The Morgan fingerprint density at radius 1 is 0.393 bits per heavy atom. The molecule has 280 valence electrons. The van der Waals surface area contributed by atoms with Gasteiger partial charge in [0, 0.05) is 45.9 Å². The van der Waals surface area contributed by atoms with Gasteiger partial charge in [-0.15, -0.1) is 0 Å². The van der Waals surface area contributed by atoms with Gasteiger partial charge in [0.1, 0.15) is 12.1 Å². The molecule has 2 atom stereocenters. The van der Waals surface area contributed by atoms with Gasteiger partial charge in [0.05, 0.1) is 55.4 Å². The van der Waals surface area contributed by atoms with Gasteiger partial charge in [0.2, 0.25) is 0 Å². The minimum atomic E-state index is -0.288. The molecular formula is C48H46N4O4+2. The maximum absolute atomic E-state index is 14.4. The largest absolute Gasteiger partial charge is 0.327 e. The maximum Gasteiger partial charge on any atom is 0.261 e. The quantitative estimate of drug-likeness (QED) is 0.0628. The van der Waals surface area contributed by atoms with Gasteiger partial charge >= 0.3 is 0 Å². The number of quaternary nitrogens is 2. The van der Waals surface area contributed by atoms with Crippen molar-refractivity contribution < 1.29 is 28.1 Å². The van der Waals surface area contributed by atoms with Gasteiger partial charge in [-0.25, -0.2) is 0 Å². The monoisotopic (exact) mass is 742 g/mol. The van der Waals surface area contributed by atoms with E-state index >= 15 is 0 Å². The van der Waals surface area contributed by atoms with Gasteiger partial charge in [-0.2, -0.15) is 0 Å². The van der Waals surface area contributed by atoms with Gasteiger partial charge < -0.3 is 8.97 Å². The Bertz CT molecular complexity index is 2450. The Morgan fingerprint density at radius 2 is 0.679 bits per heavy atom. The Hall–Kier alpha value is -5.96. The Labute approximate surface area is 326 Å². The number of benzene rings is 7. The van der Waals surface area contributed by atoms with Crippen molar-refractivity contribution in [2.24, 2.45) is 0 Å². The van der Waals surface area contributed by atoms with Gasteiger partial charge in [-0.1, -0.05) is 84.9 Å². The SMILES string of the molecule is C[N+](C)(C)[C@@H](Cc1ccccc1)CN1C(=O)c2ccc3c4ccc5c6c(ccc(c7ccc(c2c37)C1=O)c64)C(=O)N(C[C@H](Cc1ccccc1)[N+](C)(C)C)C5=O. The molecule has 2 aliphatic heterocycles. The second-order valence-electron chi connectivity index (χ2n) is 17.5. The molecule has 0 aromatic heterocycles. The fourth-order valence-electron chi connectivity index (χ4n) is 9.06. The fourth-order valence-corrected chi connectivity index (χ4v) is 9.06. The molecule has 56 heavy (non-hydrogen) atoms. The lowest BCUT2D eigenvalue weighted by molar-refractivity contribution is -0.895. The van der Waals surface area contributed by atoms with E-state index < -0.39 is 0 Å². The second kappa shape index (κ2) is 12.8. The Balaban J connectivity index is 1.13. The summed E-state index contributed by atoms with van der Waals surface area (Å²) in [6.07, 6.45) is 1.44. The maximum atomic E-state index is 14.4. The molecule has 8 nitrogen and oxygen atoms in total. The lowest BCUT2D eigenvalue weighted by Crippen LogP contribution is -2.55. The second-order valence-corrected chi connectivity index (χ2v) is 17.5. The first-order valence-corrected chi connectivity index (χ1v) is 19.3. The molecule has 2 aliphatic rings. The first-order valence-electron chi connectivity index (χ1n) is 19.3. The highest BCUT2D eigenvalue weighted by molar-refractivity contribution is 6.41. The topological polar surface area (TPSA) is 74.8 Å². The number of hydrogen-bond acceptors (Lipinski definition) is 4. The van der Waals surface area contributed by atoms with Crippen molar-refractivity contribution in [3.63, 3.8) is 0 Å². The molecule has 8 heteroatoms. The average Bonchev–Trinajstić information content (AvgIpc) is 3.17. The normalized spacial score (nSPS) is 15.9. The van der Waals surface area contributed by atoms with Crippen LogP contribution in [-0.4, -0.2) is 110 Å². The van der Waals surface area contributed by atoms with Crippen LogP contribution in [-0.2, 0) is 12.8 Å². The van der Waals surface area contributed by atoms with E-state index in [0.717, 1.165) is 56.3 Å². The molecule has 0 fully saturated rings. The van der Waals surface area contributed by atoms with Crippen molar-refractivity contribution in [2.75, 3.05) is 55.4 Å². The number of imide groups is 2. The molecule has 2 heterocycles. The minimum Gasteiger partial charge on any atom is -0.327 e. The van der Waals surface area contributed by atoms with Crippen LogP contribution in [0.2, 0.25) is 0 Å². The number of nitrogens with zero attached hydrogens (tertiary/aromatic N) is 4. The fraction of sp³-hybridized carbons (Fsp3) is 0.250. The summed E-state index contributed by atoms with van der Waals surface area (Å²) in [7, 11) is 12.6. The predicted octanol–water partition coefficient (Wildman–Crippen LogP) is 7.56. The summed E-state index contributed by atoms with van der Waals surface area (Å²) < 4.78 is 1.17. The Morgan fingerprint density at radius 3 is 0.946 bits per heavy atom. The smallest absolute Gasteiger partial charge is 0.261 e. The summed E-state index contributed by atoms with van der Waals surface area (Å²) in [6.45, 7) is 0.573. The van der Waals surface area contributed by atoms with Crippen molar-refractivity contribution in [1.29, 1.82) is 0 Å². The van der Waals surface area contributed by atoms with Crippen LogP contribution in [0, 0.1) is 0 Å². The number of amides is 4. The summed E-state index contributed by atoms with van der Waals surface area (Å²) in [6, 6.07) is 35.6. The average molecular weight is 743 g/mol. The van der Waals surface area contributed by atoms with Gasteiger partial charge in [-0.3, -0.25) is 29.0 Å². The summed E-state index contributed by atoms with van der Waals surface area (Å²) in [5, 5.41) is 6.57. The number of carbonyl (C=O) groups is 4. The van der Waals surface area contributed by atoms with E-state index in [9.17, 15) is 19.2 Å². The van der Waals surface area contributed by atoms with Crippen LogP contribution in [0.1, 0.15) is 52.6 Å². The molecule has 0 unspecified atom stereocenters. The van der Waals surface area contributed by atoms with E-state index in [2.05, 4.69) is 66.6 Å². The van der Waals surface area contributed by atoms with Crippen molar-refractivity contribution >= 4 is 66.7 Å². The van der Waals surface area contributed by atoms with E-state index in [-0.39, 0.29) is 48.8 Å². The summed E-state index contributed by atoms with van der Waals surface area (Å²) in [5.41, 5.74) is 4.37. The van der Waals surface area contributed by atoms with E-state index in [0.29, 0.717) is 42.0 Å². The minimum absolute atomic E-state index is 0.0187. The molecule has 7 aromatic carbocycles. The van der Waals surface area contributed by atoms with Crippen molar-refractivity contribution in [3.05, 3.63) is 143 Å². The van der Waals surface area contributed by atoms with Crippen molar-refractivity contribution in [1.82, 2.24) is 9.80 Å². The number of hydrogen-bond donors (Lipinski definition) is 0. The zero-order chi connectivity index (χ0) is 39.3. The molecule has 0 radical (unpaired) electrons. The Kier molecular flexibility index (Phi) is 8.16. The number of rotatable bonds is 10. The third-order valence-corrected chi connectivity index (χ3v) is 12.4. The third kappa shape index (κ3) is 5.58. The molecule has 0 N–H and O–H groups in total. The standard InChI is InChI=1S/C48H46N4O4/c1-51(2,3)31(25-29-13-9-7-10-14-29)27-49-45(53)37-21-17-33-35-19-23-39-44-40(24-20-36(42(35)44)34-18-22-38(46(49)54)43(37)41(33)34)48(56)50(47(39)55)28-32(52(4,5)6)26-30-15-11-8-12-16-30/h7-24,31-32H,25-28H2,1-6H3/q+2/t31-,32-/m0/s1. The van der Waals surface area contributed by atoms with E-state index in [1.165, 1.54) is 9.80 Å². The molecule has 0 bridgehead atoms. The molecule has 7 aromatic rings. The van der Waals surface area contributed by atoms with Crippen LogP contribution in [0.4, 0.5) is 0 Å². The van der Waals surface area contributed by atoms with Crippen molar-refractivity contribution in [2.45, 2.75) is 24.9 Å². The number of likely N-dealkylation sites (N-methyl/N-ethyl adjacent to an activating group) is 2. The highest BCUT2D eigenvalue weighted by Gasteiger charge is 2.41. The first-order chi connectivity index (χ1) is 26.7. The summed E-state index contributed by atoms with van der Waals surface area (Å²) in [5.74, 6) is -1.15. The first kappa shape index (κ1) is 35.7. The molecule has 0 spiro atoms. The van der Waals surface area contributed by atoms with E-state index in [4.69, 9.17) is 0 Å². The van der Waals surface area contributed by atoms with E-state index in [1.54, 1.807) is 0 Å². The molecule has 0 saturated carbocycles.